The van der Waals surface area contributed by atoms with E-state index in [1.54, 1.807) is 0 Å². The van der Waals surface area contributed by atoms with Crippen molar-refractivity contribution in [3.63, 3.8) is 0 Å². The second-order valence-corrected chi connectivity index (χ2v) is 2.30. The topological polar surface area (TPSA) is 67.1 Å². The molecule has 0 fully saturated rings. The predicted molar refractivity (Wildman–Crippen MR) is 47.1 cm³/mol. The molecule has 2 amide bonds. The summed E-state index contributed by atoms with van der Waals surface area (Å²) in [6.45, 7) is 0. The average molecular weight is 165 g/mol. The van der Waals surface area contributed by atoms with Crippen LogP contribution >= 0.6 is 0 Å². The van der Waals surface area contributed by atoms with E-state index >= 15 is 0 Å². The lowest BCUT2D eigenvalue weighted by Crippen LogP contribution is -2.43. The van der Waals surface area contributed by atoms with Crippen LogP contribution in [0.25, 0.3) is 0 Å². The van der Waals surface area contributed by atoms with Gasteiger partial charge in [-0.2, -0.15) is 0 Å². The maximum absolute atomic E-state index is 10.8. The predicted octanol–water partition coefficient (Wildman–Crippen LogP) is 0.210. The van der Waals surface area contributed by atoms with Crippen LogP contribution in [0.4, 0.5) is 4.79 Å². The summed E-state index contributed by atoms with van der Waals surface area (Å²) in [7, 11) is 0. The number of rotatable bonds is 1. The fourth-order valence-electron chi connectivity index (χ4n) is 0.849. The Hall–Kier alpha value is -1.55. The molecule has 0 aromatic heterocycles. The molecule has 4 heteroatoms. The van der Waals surface area contributed by atoms with Gasteiger partial charge in [-0.3, -0.25) is 5.43 Å². The zero-order valence-corrected chi connectivity index (χ0v) is 6.53. The van der Waals surface area contributed by atoms with Crippen molar-refractivity contribution in [2.24, 2.45) is 5.84 Å². The van der Waals surface area contributed by atoms with Crippen molar-refractivity contribution in [1.29, 1.82) is 0 Å². The van der Waals surface area contributed by atoms with E-state index in [9.17, 15) is 4.79 Å². The van der Waals surface area contributed by atoms with Gasteiger partial charge in [0.25, 0.3) is 0 Å². The van der Waals surface area contributed by atoms with Crippen LogP contribution < -0.4 is 16.6 Å². The molecule has 0 radical (unpaired) electrons. The Labute approximate surface area is 70.8 Å². The Bertz CT molecular complexity index is 227. The van der Waals surface area contributed by atoms with E-state index in [0.717, 1.165) is 0 Å². The molecular weight excluding hydrogens is 154 g/mol. The number of urea groups is 1. The summed E-state index contributed by atoms with van der Waals surface area (Å²) in [4.78, 5) is 10.8. The van der Waals surface area contributed by atoms with Crippen molar-refractivity contribution in [1.82, 2.24) is 10.7 Å². The number of hydrogen-bond donors (Lipinski definition) is 3. The third-order valence-corrected chi connectivity index (χ3v) is 1.40. The van der Waals surface area contributed by atoms with Crippen molar-refractivity contribution in [3.8, 4) is 0 Å². The number of nitrogens with two attached hydrogens (primary N) is 1. The molecule has 0 saturated carbocycles. The number of hydrogen-bond acceptors (Lipinski definition) is 2. The second-order valence-electron chi connectivity index (χ2n) is 2.30. The summed E-state index contributed by atoms with van der Waals surface area (Å²) in [5, 5.41) is 2.62. The fourth-order valence-corrected chi connectivity index (χ4v) is 0.849. The number of carbonyl (C=O) groups excluding carboxylic acids is 1. The summed E-state index contributed by atoms with van der Waals surface area (Å²) in [6, 6.07) is -0.486. The normalized spacial score (nSPS) is 15.8. The van der Waals surface area contributed by atoms with E-state index < -0.39 is 6.03 Å². The smallest absolute Gasteiger partial charge is 0.327 e. The zero-order chi connectivity index (χ0) is 8.81. The van der Waals surface area contributed by atoms with Crippen LogP contribution in [0, 0.1) is 0 Å². The lowest BCUT2D eigenvalue weighted by Gasteiger charge is -2.08. The minimum absolute atomic E-state index is 0.0939. The number of amides is 2. The summed E-state index contributed by atoms with van der Waals surface area (Å²) in [5.74, 6) is 4.90. The SMILES string of the molecule is NNC(=O)NC1C=CC=CC=C1. The van der Waals surface area contributed by atoms with Gasteiger partial charge < -0.3 is 5.32 Å². The number of allylic oxidation sites excluding steroid dienone is 4. The van der Waals surface area contributed by atoms with Crippen LogP contribution in [-0.4, -0.2) is 12.1 Å². The van der Waals surface area contributed by atoms with E-state index in [0.29, 0.717) is 0 Å². The molecule has 1 rings (SSSR count). The maximum atomic E-state index is 10.8. The molecule has 0 aromatic carbocycles. The third-order valence-electron chi connectivity index (χ3n) is 1.40. The van der Waals surface area contributed by atoms with Crippen molar-refractivity contribution in [3.05, 3.63) is 36.5 Å². The first-order valence-corrected chi connectivity index (χ1v) is 3.61. The van der Waals surface area contributed by atoms with E-state index in [2.05, 4.69) is 5.32 Å². The van der Waals surface area contributed by atoms with Crippen LogP contribution in [0.1, 0.15) is 0 Å². The highest BCUT2D eigenvalue weighted by atomic mass is 16.2. The molecular formula is C8H11N3O. The standard InChI is InChI=1S/C8H11N3O/c9-11-8(12)10-7-5-3-1-2-4-6-7/h1-7H,9H2,(H2,10,11,12). The van der Waals surface area contributed by atoms with Gasteiger partial charge in [0, 0.05) is 0 Å². The van der Waals surface area contributed by atoms with Gasteiger partial charge in [0.1, 0.15) is 0 Å². The first kappa shape index (κ1) is 8.55. The maximum Gasteiger partial charge on any atom is 0.329 e. The Morgan fingerprint density at radius 1 is 1.17 bits per heavy atom. The van der Waals surface area contributed by atoms with Gasteiger partial charge in [0.05, 0.1) is 6.04 Å². The molecule has 1 aliphatic carbocycles. The van der Waals surface area contributed by atoms with Gasteiger partial charge in [-0.05, 0) is 0 Å². The van der Waals surface area contributed by atoms with Crippen molar-refractivity contribution in [2.45, 2.75) is 6.04 Å². The van der Waals surface area contributed by atoms with Crippen molar-refractivity contribution in [2.75, 3.05) is 0 Å². The van der Waals surface area contributed by atoms with E-state index in [1.807, 2.05) is 41.9 Å². The quantitative estimate of drug-likeness (QED) is 0.295. The number of nitrogens with one attached hydrogen (secondary N) is 2. The highest BCUT2D eigenvalue weighted by Gasteiger charge is 2.03. The van der Waals surface area contributed by atoms with Crippen LogP contribution in [0.3, 0.4) is 0 Å². The average Bonchev–Trinajstić information content (AvgIpc) is 2.33. The minimum atomic E-state index is -0.392. The van der Waals surface area contributed by atoms with Gasteiger partial charge in [-0.25, -0.2) is 10.6 Å². The Balaban J connectivity index is 2.48. The summed E-state index contributed by atoms with van der Waals surface area (Å²) < 4.78 is 0. The number of hydrazine groups is 1. The van der Waals surface area contributed by atoms with E-state index in [1.165, 1.54) is 0 Å². The molecule has 4 nitrogen and oxygen atoms in total. The highest BCUT2D eigenvalue weighted by Crippen LogP contribution is 1.95. The summed E-state index contributed by atoms with van der Waals surface area (Å²) in [5.41, 5.74) is 1.99. The molecule has 0 atom stereocenters. The molecule has 4 N–H and O–H groups in total. The third kappa shape index (κ3) is 2.59. The molecule has 0 saturated heterocycles. The number of carbonyl (C=O) groups is 1. The molecule has 0 unspecified atom stereocenters. The molecule has 64 valence electrons. The molecule has 0 spiro atoms. The van der Waals surface area contributed by atoms with Gasteiger partial charge in [0.2, 0.25) is 0 Å². The molecule has 0 aromatic rings. The first-order chi connectivity index (χ1) is 5.83. The Morgan fingerprint density at radius 3 is 2.25 bits per heavy atom. The van der Waals surface area contributed by atoms with Crippen LogP contribution in [0.5, 0.6) is 0 Å². The van der Waals surface area contributed by atoms with Gasteiger partial charge >= 0.3 is 6.03 Å². The molecule has 0 aliphatic heterocycles. The van der Waals surface area contributed by atoms with Crippen LogP contribution in [0.15, 0.2) is 36.5 Å². The van der Waals surface area contributed by atoms with E-state index in [-0.39, 0.29) is 6.04 Å². The molecule has 0 bridgehead atoms. The van der Waals surface area contributed by atoms with E-state index in [4.69, 9.17) is 5.84 Å². The Morgan fingerprint density at radius 2 is 1.75 bits per heavy atom. The molecule has 0 heterocycles. The van der Waals surface area contributed by atoms with Crippen molar-refractivity contribution < 1.29 is 4.79 Å². The van der Waals surface area contributed by atoms with Gasteiger partial charge in [-0.15, -0.1) is 0 Å². The first-order valence-electron chi connectivity index (χ1n) is 3.61. The van der Waals surface area contributed by atoms with Crippen LogP contribution in [0.2, 0.25) is 0 Å². The fraction of sp³-hybridized carbons (Fsp3) is 0.125. The van der Waals surface area contributed by atoms with Gasteiger partial charge in [-0.1, -0.05) is 36.5 Å². The largest absolute Gasteiger partial charge is 0.329 e. The summed E-state index contributed by atoms with van der Waals surface area (Å²) >= 11 is 0. The lowest BCUT2D eigenvalue weighted by atomic mass is 10.2. The lowest BCUT2D eigenvalue weighted by molar-refractivity contribution is 0.240. The zero-order valence-electron chi connectivity index (χ0n) is 6.53. The minimum Gasteiger partial charge on any atom is -0.327 e. The summed E-state index contributed by atoms with van der Waals surface area (Å²) in [6.07, 6.45) is 11.2. The van der Waals surface area contributed by atoms with Crippen molar-refractivity contribution >= 4 is 6.03 Å². The monoisotopic (exact) mass is 165 g/mol. The molecule has 1 aliphatic rings. The second kappa shape index (κ2) is 4.35. The highest BCUT2D eigenvalue weighted by molar-refractivity contribution is 5.74. The van der Waals surface area contributed by atoms with Gasteiger partial charge in [0.15, 0.2) is 0 Å². The Kier molecular flexibility index (Phi) is 3.10. The molecule has 12 heavy (non-hydrogen) atoms. The van der Waals surface area contributed by atoms with Crippen LogP contribution in [-0.2, 0) is 0 Å².